The molecular weight excluding hydrogens is 340 g/mol. The zero-order chi connectivity index (χ0) is 19.0. The first kappa shape index (κ1) is 17.5. The lowest BCUT2D eigenvalue weighted by Gasteiger charge is -2.28. The average molecular weight is 364 g/mol. The van der Waals surface area contributed by atoms with Crippen molar-refractivity contribution in [2.24, 2.45) is 0 Å². The molecule has 3 aromatic rings. The molecule has 1 fully saturated rings. The quantitative estimate of drug-likeness (QED) is 0.746. The molecule has 0 aliphatic carbocycles. The van der Waals surface area contributed by atoms with Crippen LogP contribution in [0.2, 0.25) is 0 Å². The van der Waals surface area contributed by atoms with E-state index in [2.05, 4.69) is 27.1 Å². The fourth-order valence-corrected chi connectivity index (χ4v) is 3.66. The highest BCUT2D eigenvalue weighted by Gasteiger charge is 2.25. The van der Waals surface area contributed by atoms with Crippen molar-refractivity contribution in [3.63, 3.8) is 0 Å². The van der Waals surface area contributed by atoms with Gasteiger partial charge in [0.1, 0.15) is 17.9 Å². The number of amides is 1. The van der Waals surface area contributed by atoms with Crippen LogP contribution in [-0.4, -0.2) is 29.0 Å². The first-order valence-corrected chi connectivity index (χ1v) is 9.42. The molecule has 1 amide bonds. The van der Waals surface area contributed by atoms with Crippen LogP contribution in [0, 0.1) is 20.8 Å². The number of carbonyl (C=O) groups is 1. The highest BCUT2D eigenvalue weighted by Crippen LogP contribution is 2.33. The third kappa shape index (κ3) is 3.27. The van der Waals surface area contributed by atoms with Crippen molar-refractivity contribution in [1.29, 1.82) is 0 Å². The zero-order valence-corrected chi connectivity index (χ0v) is 16.0. The summed E-state index contributed by atoms with van der Waals surface area (Å²) in [6.45, 7) is 7.77. The van der Waals surface area contributed by atoms with E-state index in [-0.39, 0.29) is 5.91 Å². The number of anilines is 2. The van der Waals surface area contributed by atoms with Crippen LogP contribution in [-0.2, 0) is 0 Å². The molecule has 6 nitrogen and oxygen atoms in total. The lowest BCUT2D eigenvalue weighted by Crippen LogP contribution is -2.30. The molecule has 27 heavy (non-hydrogen) atoms. The zero-order valence-electron chi connectivity index (χ0n) is 16.0. The van der Waals surface area contributed by atoms with E-state index in [1.54, 1.807) is 6.92 Å². The Morgan fingerprint density at radius 2 is 1.85 bits per heavy atom. The second-order valence-electron chi connectivity index (χ2n) is 7.21. The number of aryl methyl sites for hydroxylation is 3. The van der Waals surface area contributed by atoms with Crippen LogP contribution in [0.5, 0.6) is 0 Å². The molecule has 0 unspecified atom stereocenters. The molecule has 0 spiro atoms. The third-order valence-electron chi connectivity index (χ3n) is 5.29. The molecule has 6 heteroatoms. The van der Waals surface area contributed by atoms with Crippen molar-refractivity contribution in [2.75, 3.05) is 23.3 Å². The number of hydrogen-bond donors (Lipinski definition) is 1. The molecule has 2 aromatic heterocycles. The van der Waals surface area contributed by atoms with Gasteiger partial charge in [-0.25, -0.2) is 9.97 Å². The third-order valence-corrected chi connectivity index (χ3v) is 5.29. The topological polar surface area (TPSA) is 71.3 Å². The molecule has 0 saturated carbocycles. The van der Waals surface area contributed by atoms with Gasteiger partial charge < -0.3 is 14.6 Å². The summed E-state index contributed by atoms with van der Waals surface area (Å²) in [7, 11) is 0. The number of piperidine rings is 1. The first-order chi connectivity index (χ1) is 13.0. The van der Waals surface area contributed by atoms with Crippen LogP contribution in [0.4, 0.5) is 11.5 Å². The van der Waals surface area contributed by atoms with Gasteiger partial charge in [-0.3, -0.25) is 4.79 Å². The van der Waals surface area contributed by atoms with Gasteiger partial charge in [0.25, 0.3) is 5.91 Å². The Labute approximate surface area is 158 Å². The summed E-state index contributed by atoms with van der Waals surface area (Å²) in [6.07, 6.45) is 5.01. The maximum Gasteiger partial charge on any atom is 0.260 e. The number of nitrogens with one attached hydrogen (secondary N) is 1. The van der Waals surface area contributed by atoms with Crippen molar-refractivity contribution >= 4 is 28.5 Å². The molecule has 0 bridgehead atoms. The van der Waals surface area contributed by atoms with Crippen LogP contribution < -0.4 is 10.2 Å². The summed E-state index contributed by atoms with van der Waals surface area (Å²) >= 11 is 0. The highest BCUT2D eigenvalue weighted by atomic mass is 16.3. The van der Waals surface area contributed by atoms with Gasteiger partial charge in [-0.2, -0.15) is 0 Å². The minimum atomic E-state index is -0.192. The summed E-state index contributed by atoms with van der Waals surface area (Å²) in [5.74, 6) is 1.16. The molecule has 1 N–H and O–H groups in total. The molecule has 1 aliphatic rings. The SMILES string of the molecule is Cc1ccc(NC(=O)c2c(C)oc3ncnc(N4CCCCC4)c23)cc1C. The summed E-state index contributed by atoms with van der Waals surface area (Å²) in [5.41, 5.74) is 4.09. The second-order valence-corrected chi connectivity index (χ2v) is 7.21. The Morgan fingerprint density at radius 1 is 1.07 bits per heavy atom. The van der Waals surface area contributed by atoms with Gasteiger partial charge in [0.2, 0.25) is 5.71 Å². The van der Waals surface area contributed by atoms with Crippen LogP contribution in [0.15, 0.2) is 28.9 Å². The van der Waals surface area contributed by atoms with Crippen molar-refractivity contribution in [2.45, 2.75) is 40.0 Å². The minimum absolute atomic E-state index is 0.192. The lowest BCUT2D eigenvalue weighted by molar-refractivity contribution is 0.102. The van der Waals surface area contributed by atoms with Crippen LogP contribution in [0.3, 0.4) is 0 Å². The number of benzene rings is 1. The summed E-state index contributed by atoms with van der Waals surface area (Å²) < 4.78 is 5.79. The Morgan fingerprint density at radius 3 is 2.59 bits per heavy atom. The number of hydrogen-bond acceptors (Lipinski definition) is 5. The smallest absolute Gasteiger partial charge is 0.260 e. The van der Waals surface area contributed by atoms with E-state index in [4.69, 9.17) is 4.42 Å². The monoisotopic (exact) mass is 364 g/mol. The number of aromatic nitrogens is 2. The molecule has 140 valence electrons. The first-order valence-electron chi connectivity index (χ1n) is 9.42. The predicted molar refractivity (Wildman–Crippen MR) is 106 cm³/mol. The maximum absolute atomic E-state index is 13.1. The van der Waals surface area contributed by atoms with Gasteiger partial charge in [-0.05, 0) is 63.3 Å². The molecule has 3 heterocycles. The van der Waals surface area contributed by atoms with E-state index >= 15 is 0 Å². The summed E-state index contributed by atoms with van der Waals surface area (Å²) in [5, 5.41) is 3.71. The standard InChI is InChI=1S/C21H24N4O2/c1-13-7-8-16(11-14(13)2)24-20(26)17-15(3)27-21-18(17)19(22-12-23-21)25-9-5-4-6-10-25/h7-8,11-12H,4-6,9-10H2,1-3H3,(H,24,26). The molecule has 0 radical (unpaired) electrons. The van der Waals surface area contributed by atoms with E-state index < -0.39 is 0 Å². The normalized spacial score (nSPS) is 14.6. The predicted octanol–water partition coefficient (Wildman–Crippen LogP) is 4.39. The summed E-state index contributed by atoms with van der Waals surface area (Å²) in [6, 6.07) is 5.90. The van der Waals surface area contributed by atoms with Gasteiger partial charge in [0.05, 0.1) is 10.9 Å². The highest BCUT2D eigenvalue weighted by molar-refractivity contribution is 6.15. The fourth-order valence-electron chi connectivity index (χ4n) is 3.66. The number of carbonyl (C=O) groups excluding carboxylic acids is 1. The van der Waals surface area contributed by atoms with Crippen LogP contribution >= 0.6 is 0 Å². The maximum atomic E-state index is 13.1. The Kier molecular flexibility index (Phi) is 4.56. The van der Waals surface area contributed by atoms with E-state index in [0.717, 1.165) is 43.0 Å². The minimum Gasteiger partial charge on any atom is -0.442 e. The van der Waals surface area contributed by atoms with Gasteiger partial charge in [-0.1, -0.05) is 6.07 Å². The molecule has 1 saturated heterocycles. The number of rotatable bonds is 3. The molecule has 4 rings (SSSR count). The fraction of sp³-hybridized carbons (Fsp3) is 0.381. The number of furan rings is 1. The molecule has 1 aliphatic heterocycles. The average Bonchev–Trinajstić information content (AvgIpc) is 3.01. The van der Waals surface area contributed by atoms with Crippen molar-refractivity contribution in [3.8, 4) is 0 Å². The van der Waals surface area contributed by atoms with E-state index in [9.17, 15) is 4.79 Å². The summed E-state index contributed by atoms with van der Waals surface area (Å²) in [4.78, 5) is 24.1. The van der Waals surface area contributed by atoms with Crippen molar-refractivity contribution < 1.29 is 9.21 Å². The van der Waals surface area contributed by atoms with Crippen LogP contribution in [0.25, 0.3) is 11.1 Å². The lowest BCUT2D eigenvalue weighted by atomic mass is 10.1. The van der Waals surface area contributed by atoms with E-state index in [1.807, 2.05) is 25.1 Å². The van der Waals surface area contributed by atoms with Gasteiger partial charge in [-0.15, -0.1) is 0 Å². The molecular formula is C21H24N4O2. The second kappa shape index (κ2) is 7.02. The van der Waals surface area contributed by atoms with E-state index in [1.165, 1.54) is 18.3 Å². The van der Waals surface area contributed by atoms with Gasteiger partial charge in [0.15, 0.2) is 0 Å². The Balaban J connectivity index is 1.74. The largest absolute Gasteiger partial charge is 0.442 e. The van der Waals surface area contributed by atoms with Gasteiger partial charge in [0, 0.05) is 18.8 Å². The molecule has 1 aromatic carbocycles. The molecule has 0 atom stereocenters. The van der Waals surface area contributed by atoms with Crippen molar-refractivity contribution in [1.82, 2.24) is 9.97 Å². The Bertz CT molecular complexity index is 1000. The van der Waals surface area contributed by atoms with Gasteiger partial charge >= 0.3 is 0 Å². The Hall–Kier alpha value is -2.89. The number of fused-ring (bicyclic) bond motifs is 1. The van der Waals surface area contributed by atoms with E-state index in [0.29, 0.717) is 22.4 Å². The van der Waals surface area contributed by atoms with Crippen LogP contribution in [0.1, 0.15) is 46.5 Å². The number of nitrogens with zero attached hydrogens (tertiary/aromatic N) is 3. The van der Waals surface area contributed by atoms with Crippen molar-refractivity contribution in [3.05, 3.63) is 47.0 Å².